The first kappa shape index (κ1) is 50.7. The van der Waals surface area contributed by atoms with Gasteiger partial charge in [-0.25, -0.2) is 4.79 Å². The van der Waals surface area contributed by atoms with Crippen molar-refractivity contribution in [2.75, 3.05) is 5.75 Å². The Morgan fingerprint density at radius 1 is 0.542 bits per heavy atom. The molecule has 8 unspecified atom stereocenters. The molecule has 0 bridgehead atoms. The fraction of sp³-hybridized carbons (Fsp3) is 0.514. The fourth-order valence-electron chi connectivity index (χ4n) is 4.95. The average molecular weight is 852 g/mol. The lowest BCUT2D eigenvalue weighted by Crippen LogP contribution is -2.59. The van der Waals surface area contributed by atoms with Gasteiger partial charge >= 0.3 is 5.97 Å². The summed E-state index contributed by atoms with van der Waals surface area (Å²) in [5, 5.41) is 25.7. The molecule has 59 heavy (non-hydrogen) atoms. The predicted octanol–water partition coefficient (Wildman–Crippen LogP) is -5.57. The number of amides is 10. The van der Waals surface area contributed by atoms with Gasteiger partial charge in [0.1, 0.15) is 42.3 Å². The van der Waals surface area contributed by atoms with Gasteiger partial charge < -0.3 is 65.3 Å². The third-order valence-corrected chi connectivity index (χ3v) is 8.72. The van der Waals surface area contributed by atoms with E-state index in [1.807, 2.05) is 0 Å². The van der Waals surface area contributed by atoms with Crippen molar-refractivity contribution in [3.8, 4) is 0 Å². The maximum atomic E-state index is 13.3. The molecule has 0 aliphatic carbocycles. The SMILES string of the molecule is CC(NC(=O)C(C)NC(=O)C(CCC(N)=O)NC(=O)C(C)NC(=O)C(CC(N)=O)NC(=O)C(N)CCC(N)=O)C(=O)NC(Cc1ccccc1)C(=O)NC(CS)C(=O)O. The molecule has 0 spiro atoms. The number of benzene rings is 1. The van der Waals surface area contributed by atoms with Crippen LogP contribution < -0.4 is 60.2 Å². The number of carboxylic acid groups (broad SMARTS) is 1. The molecule has 0 saturated heterocycles. The molecule has 0 heterocycles. The maximum Gasteiger partial charge on any atom is 0.327 e. The molecule has 23 nitrogen and oxygen atoms in total. The number of aliphatic carboxylic acids is 1. The van der Waals surface area contributed by atoms with Crippen molar-refractivity contribution < 1.29 is 57.8 Å². The second-order valence-corrected chi connectivity index (χ2v) is 13.8. The number of rotatable bonds is 26. The summed E-state index contributed by atoms with van der Waals surface area (Å²) in [5.41, 5.74) is 21.8. The van der Waals surface area contributed by atoms with Crippen LogP contribution in [0.2, 0.25) is 0 Å². The number of thiol groups is 1. The van der Waals surface area contributed by atoms with E-state index in [2.05, 4.69) is 49.8 Å². The summed E-state index contributed by atoms with van der Waals surface area (Å²) in [6.45, 7) is 3.73. The van der Waals surface area contributed by atoms with Crippen LogP contribution in [0.5, 0.6) is 0 Å². The van der Waals surface area contributed by atoms with E-state index >= 15 is 0 Å². The van der Waals surface area contributed by atoms with Crippen LogP contribution in [0.4, 0.5) is 0 Å². The zero-order chi connectivity index (χ0) is 45.0. The lowest BCUT2D eigenvalue weighted by atomic mass is 10.0. The van der Waals surface area contributed by atoms with Gasteiger partial charge in [0.15, 0.2) is 0 Å². The number of nitrogens with two attached hydrogens (primary N) is 4. The van der Waals surface area contributed by atoms with Gasteiger partial charge in [-0.15, -0.1) is 0 Å². The Balaban J connectivity index is 3.00. The molecule has 0 radical (unpaired) electrons. The molecular formula is C35H53N11O12S. The van der Waals surface area contributed by atoms with Gasteiger partial charge in [0.25, 0.3) is 0 Å². The highest BCUT2D eigenvalue weighted by molar-refractivity contribution is 7.80. The first-order valence-corrected chi connectivity index (χ1v) is 18.8. The summed E-state index contributed by atoms with van der Waals surface area (Å²) in [7, 11) is 0. The molecule has 1 aromatic rings. The zero-order valence-corrected chi connectivity index (χ0v) is 33.5. The zero-order valence-electron chi connectivity index (χ0n) is 32.6. The quantitative estimate of drug-likeness (QED) is 0.0387. The Labute approximate surface area is 344 Å². The van der Waals surface area contributed by atoms with Gasteiger partial charge in [0.05, 0.1) is 12.5 Å². The van der Waals surface area contributed by atoms with Gasteiger partial charge in [0.2, 0.25) is 59.1 Å². The van der Waals surface area contributed by atoms with Crippen molar-refractivity contribution in [3.05, 3.63) is 35.9 Å². The third-order valence-electron chi connectivity index (χ3n) is 8.36. The monoisotopic (exact) mass is 851 g/mol. The Bertz CT molecular complexity index is 1720. The molecule has 0 aliphatic heterocycles. The molecular weight excluding hydrogens is 799 g/mol. The maximum absolute atomic E-state index is 13.3. The van der Waals surface area contributed by atoms with E-state index in [-0.39, 0.29) is 31.4 Å². The van der Waals surface area contributed by atoms with Gasteiger partial charge in [-0.1, -0.05) is 30.3 Å². The molecule has 24 heteroatoms. The third kappa shape index (κ3) is 19.1. The average Bonchev–Trinajstić information content (AvgIpc) is 3.16. The minimum atomic E-state index is -1.60. The van der Waals surface area contributed by atoms with Crippen molar-refractivity contribution >= 4 is 77.7 Å². The highest BCUT2D eigenvalue weighted by Crippen LogP contribution is 2.06. The normalized spacial score (nSPS) is 14.8. The van der Waals surface area contributed by atoms with Gasteiger partial charge in [-0.2, -0.15) is 12.6 Å². The first-order chi connectivity index (χ1) is 27.5. The molecule has 10 amide bonds. The second kappa shape index (κ2) is 25.1. The molecule has 1 rings (SSSR count). The van der Waals surface area contributed by atoms with Crippen molar-refractivity contribution in [1.82, 2.24) is 37.2 Å². The summed E-state index contributed by atoms with van der Waals surface area (Å²) < 4.78 is 0. The van der Waals surface area contributed by atoms with Crippen molar-refractivity contribution in [3.63, 3.8) is 0 Å². The van der Waals surface area contributed by atoms with Gasteiger partial charge in [-0.05, 0) is 39.2 Å². The van der Waals surface area contributed by atoms with Gasteiger partial charge in [0, 0.05) is 25.0 Å². The smallest absolute Gasteiger partial charge is 0.327 e. The van der Waals surface area contributed by atoms with Crippen molar-refractivity contribution in [1.29, 1.82) is 0 Å². The standard InChI is InChI=1S/C35H53N11O12S/c1-16(28(50)40-17(2)30(52)44-22(13-19-7-5-4-6-8-19)34(56)46-24(15-59)35(57)58)41-32(54)21(10-12-26(38)48)43-29(51)18(3)42-33(55)23(14-27(39)49)45-31(53)20(36)9-11-25(37)47/h4-8,16-18,20-24,59H,9-15,36H2,1-3H3,(H2,37,47)(H2,38,48)(H2,39,49)(H,40,50)(H,41,54)(H,42,55)(H,43,51)(H,44,52)(H,45,53)(H,46,56)(H,57,58). The summed E-state index contributed by atoms with van der Waals surface area (Å²) in [4.78, 5) is 137. The Kier molecular flexibility index (Phi) is 21.6. The first-order valence-electron chi connectivity index (χ1n) is 18.2. The Hall–Kier alpha value is -6.30. The number of nitrogens with one attached hydrogen (secondary N) is 7. The molecule has 0 fully saturated rings. The number of hydrogen-bond acceptors (Lipinski definition) is 13. The van der Waals surface area contributed by atoms with Gasteiger partial charge in [-0.3, -0.25) is 47.9 Å². The fourth-order valence-corrected chi connectivity index (χ4v) is 5.19. The summed E-state index contributed by atoms with van der Waals surface area (Å²) in [6.07, 6.45) is -1.91. The Morgan fingerprint density at radius 2 is 0.949 bits per heavy atom. The number of primary amides is 3. The minimum absolute atomic E-state index is 0.0376. The lowest BCUT2D eigenvalue weighted by Gasteiger charge is -2.25. The number of carboxylic acids is 1. The van der Waals surface area contributed by atoms with Crippen molar-refractivity contribution in [2.24, 2.45) is 22.9 Å². The van der Waals surface area contributed by atoms with Crippen LogP contribution in [0, 0.1) is 0 Å². The van der Waals surface area contributed by atoms with Crippen LogP contribution in [0.15, 0.2) is 30.3 Å². The number of carbonyl (C=O) groups excluding carboxylic acids is 10. The molecule has 8 atom stereocenters. The number of carbonyl (C=O) groups is 11. The molecule has 1 aromatic carbocycles. The second-order valence-electron chi connectivity index (χ2n) is 13.4. The van der Waals surface area contributed by atoms with E-state index in [9.17, 15) is 57.8 Å². The predicted molar refractivity (Wildman–Crippen MR) is 211 cm³/mol. The van der Waals surface area contributed by atoms with Crippen LogP contribution in [0.1, 0.15) is 58.4 Å². The Morgan fingerprint density at radius 3 is 1.42 bits per heavy atom. The molecule has 0 aromatic heterocycles. The summed E-state index contributed by atoms with van der Waals surface area (Å²) >= 11 is 3.94. The van der Waals surface area contributed by atoms with E-state index in [0.717, 1.165) is 0 Å². The molecule has 0 saturated carbocycles. The lowest BCUT2D eigenvalue weighted by molar-refractivity contribution is -0.141. The van der Waals surface area contributed by atoms with E-state index < -0.39 is 126 Å². The number of hydrogen-bond donors (Lipinski definition) is 13. The summed E-state index contributed by atoms with van der Waals surface area (Å²) in [6, 6.07) is -2.58. The van der Waals surface area contributed by atoms with Crippen LogP contribution in [0.3, 0.4) is 0 Å². The molecule has 0 aliphatic rings. The molecule has 16 N–H and O–H groups in total. The van der Waals surface area contributed by atoms with E-state index in [1.165, 1.54) is 20.8 Å². The highest BCUT2D eigenvalue weighted by atomic mass is 32.1. The topological polar surface area (TPSA) is 396 Å². The largest absolute Gasteiger partial charge is 0.480 e. The summed E-state index contributed by atoms with van der Waals surface area (Å²) in [5.74, 6) is -10.6. The van der Waals surface area contributed by atoms with E-state index in [1.54, 1.807) is 30.3 Å². The minimum Gasteiger partial charge on any atom is -0.480 e. The van der Waals surface area contributed by atoms with Crippen LogP contribution in [-0.4, -0.2) is 124 Å². The van der Waals surface area contributed by atoms with Crippen molar-refractivity contribution in [2.45, 2.75) is 108 Å². The van der Waals surface area contributed by atoms with E-state index in [4.69, 9.17) is 22.9 Å². The van der Waals surface area contributed by atoms with E-state index in [0.29, 0.717) is 5.56 Å². The van der Waals surface area contributed by atoms with Crippen LogP contribution in [0.25, 0.3) is 0 Å². The van der Waals surface area contributed by atoms with Crippen LogP contribution in [-0.2, 0) is 59.2 Å². The highest BCUT2D eigenvalue weighted by Gasteiger charge is 2.32. The van der Waals surface area contributed by atoms with Crippen LogP contribution >= 0.6 is 12.6 Å². The molecule has 326 valence electrons.